The molecule has 2 atom stereocenters. The number of carbonyl (C=O) groups excluding carboxylic acids is 1. The van der Waals surface area contributed by atoms with Gasteiger partial charge in [0.05, 0.1) is 13.0 Å². The highest BCUT2D eigenvalue weighted by Crippen LogP contribution is 2.27. The average molecular weight is 452 g/mol. The number of esters is 1. The van der Waals surface area contributed by atoms with Crippen molar-refractivity contribution >= 4 is 5.97 Å². The van der Waals surface area contributed by atoms with Gasteiger partial charge in [0.2, 0.25) is 0 Å². The first-order valence-electron chi connectivity index (χ1n) is 12.0. The van der Waals surface area contributed by atoms with Crippen LogP contribution in [0.3, 0.4) is 0 Å². The highest BCUT2D eigenvalue weighted by atomic mass is 16.6. The molecule has 0 aliphatic rings. The fourth-order valence-electron chi connectivity index (χ4n) is 4.00. The van der Waals surface area contributed by atoms with Crippen LogP contribution in [0.15, 0.2) is 73.3 Å². The maximum absolute atomic E-state index is 12.7. The monoisotopic (exact) mass is 451 g/mol. The number of nitrogens with zero attached hydrogens (tertiary/aromatic N) is 1. The second kappa shape index (κ2) is 14.0. The second-order valence-corrected chi connectivity index (χ2v) is 9.55. The first-order valence-corrected chi connectivity index (χ1v) is 12.0. The minimum Gasteiger partial charge on any atom is -0.460 e. The number of hydrogen-bond donors (Lipinski definition) is 0. The smallest absolute Gasteiger partial charge is 0.307 e. The largest absolute Gasteiger partial charge is 0.460 e. The molecule has 0 saturated carbocycles. The van der Waals surface area contributed by atoms with E-state index in [-0.39, 0.29) is 18.1 Å². The number of carbonyl (C=O) groups is 1. The molecule has 0 aromatic heterocycles. The first-order chi connectivity index (χ1) is 15.8. The molecule has 0 spiro atoms. The minimum absolute atomic E-state index is 0.0715. The number of unbranched alkanes of at least 4 members (excludes halogenated alkanes) is 1. The number of rotatable bonds is 14. The second-order valence-electron chi connectivity index (χ2n) is 9.55. The van der Waals surface area contributed by atoms with Gasteiger partial charge in [-0.2, -0.15) is 0 Å². The molecule has 0 bridgehead atoms. The van der Waals surface area contributed by atoms with Crippen molar-refractivity contribution in [3.8, 4) is 0 Å². The third kappa shape index (κ3) is 10.4. The predicted molar refractivity (Wildman–Crippen MR) is 136 cm³/mol. The van der Waals surface area contributed by atoms with Crippen LogP contribution < -0.4 is 0 Å². The van der Waals surface area contributed by atoms with Crippen LogP contribution in [0.2, 0.25) is 0 Å². The van der Waals surface area contributed by atoms with Gasteiger partial charge in [0.25, 0.3) is 0 Å². The van der Waals surface area contributed by atoms with Crippen LogP contribution >= 0.6 is 0 Å². The van der Waals surface area contributed by atoms with Crippen molar-refractivity contribution in [1.82, 2.24) is 4.90 Å². The van der Waals surface area contributed by atoms with Crippen molar-refractivity contribution in [3.05, 3.63) is 84.4 Å². The summed E-state index contributed by atoms with van der Waals surface area (Å²) in [6.07, 6.45) is 5.13. The van der Waals surface area contributed by atoms with E-state index in [1.807, 2.05) is 51.1 Å². The topological polar surface area (TPSA) is 38.8 Å². The lowest BCUT2D eigenvalue weighted by atomic mass is 9.99. The molecule has 4 heteroatoms. The van der Waals surface area contributed by atoms with Gasteiger partial charge >= 0.3 is 5.97 Å². The van der Waals surface area contributed by atoms with Crippen LogP contribution in [0, 0.1) is 0 Å². The van der Waals surface area contributed by atoms with E-state index < -0.39 is 5.60 Å². The van der Waals surface area contributed by atoms with Crippen LogP contribution in [0.4, 0.5) is 0 Å². The summed E-state index contributed by atoms with van der Waals surface area (Å²) < 4.78 is 11.5. The summed E-state index contributed by atoms with van der Waals surface area (Å²) in [5.41, 5.74) is 1.94. The van der Waals surface area contributed by atoms with E-state index in [0.717, 1.165) is 19.3 Å². The number of ether oxygens (including phenoxy) is 2. The molecule has 0 radical (unpaired) electrons. The van der Waals surface area contributed by atoms with Gasteiger partial charge in [-0.3, -0.25) is 9.69 Å². The average Bonchev–Trinajstić information content (AvgIpc) is 2.78. The molecule has 33 heavy (non-hydrogen) atoms. The van der Waals surface area contributed by atoms with Crippen molar-refractivity contribution in [2.75, 3.05) is 13.2 Å². The highest BCUT2D eigenvalue weighted by Gasteiger charge is 2.27. The van der Waals surface area contributed by atoms with Crippen LogP contribution in [-0.2, 0) is 20.9 Å². The van der Waals surface area contributed by atoms with E-state index >= 15 is 0 Å². The highest BCUT2D eigenvalue weighted by molar-refractivity contribution is 5.70. The van der Waals surface area contributed by atoms with Gasteiger partial charge in [-0.05, 0) is 58.1 Å². The molecule has 0 amide bonds. The zero-order chi connectivity index (χ0) is 24.1. The molecule has 2 rings (SSSR count). The lowest BCUT2D eigenvalue weighted by molar-refractivity contribution is -0.156. The maximum Gasteiger partial charge on any atom is 0.307 e. The van der Waals surface area contributed by atoms with Gasteiger partial charge in [0, 0.05) is 25.2 Å². The van der Waals surface area contributed by atoms with Crippen LogP contribution in [0.1, 0.15) is 70.5 Å². The van der Waals surface area contributed by atoms with Crippen molar-refractivity contribution in [2.45, 2.75) is 77.7 Å². The Morgan fingerprint density at radius 2 is 1.67 bits per heavy atom. The number of benzene rings is 2. The Labute approximate surface area is 200 Å². The van der Waals surface area contributed by atoms with Gasteiger partial charge in [-0.25, -0.2) is 0 Å². The number of hydrogen-bond acceptors (Lipinski definition) is 4. The van der Waals surface area contributed by atoms with E-state index in [1.54, 1.807) is 0 Å². The summed E-state index contributed by atoms with van der Waals surface area (Å²) in [6, 6.07) is 20.9. The van der Waals surface area contributed by atoms with Crippen molar-refractivity contribution < 1.29 is 14.3 Å². The first kappa shape index (κ1) is 26.8. The van der Waals surface area contributed by atoms with E-state index in [4.69, 9.17) is 9.47 Å². The van der Waals surface area contributed by atoms with Gasteiger partial charge in [0.15, 0.2) is 0 Å². The van der Waals surface area contributed by atoms with Crippen molar-refractivity contribution in [2.24, 2.45) is 0 Å². The molecular formula is C29H41NO3. The lowest BCUT2D eigenvalue weighted by Crippen LogP contribution is -2.40. The van der Waals surface area contributed by atoms with E-state index in [1.165, 1.54) is 11.1 Å². The Morgan fingerprint density at radius 1 is 1.03 bits per heavy atom. The van der Waals surface area contributed by atoms with E-state index in [9.17, 15) is 4.79 Å². The molecule has 0 aliphatic carbocycles. The molecule has 4 nitrogen and oxygen atoms in total. The molecule has 0 aliphatic heterocycles. The van der Waals surface area contributed by atoms with Crippen LogP contribution in [0.25, 0.3) is 0 Å². The molecule has 0 fully saturated rings. The molecule has 0 heterocycles. The molecule has 0 unspecified atom stereocenters. The van der Waals surface area contributed by atoms with Crippen LogP contribution in [0.5, 0.6) is 0 Å². The predicted octanol–water partition coefficient (Wildman–Crippen LogP) is 6.72. The molecule has 2 aromatic carbocycles. The standard InChI is InChI=1S/C29H41NO3/c1-6-20-30(24(2)26-17-11-8-12-18-26)27(22-28(31)33-29(3,4)5)19-13-14-21-32-23-25-15-9-7-10-16-25/h6-12,15-18,24,27H,1,13-14,19-23H2,2-5H3/t24-,27-/m1/s1. The zero-order valence-corrected chi connectivity index (χ0v) is 20.8. The fourth-order valence-corrected chi connectivity index (χ4v) is 4.00. The Kier molecular flexibility index (Phi) is 11.4. The Balaban J connectivity index is 1.99. The summed E-state index contributed by atoms with van der Waals surface area (Å²) in [5, 5.41) is 0. The molecule has 0 saturated heterocycles. The van der Waals surface area contributed by atoms with Crippen LogP contribution in [-0.4, -0.2) is 35.7 Å². The zero-order valence-electron chi connectivity index (χ0n) is 20.8. The molecule has 2 aromatic rings. The SMILES string of the molecule is C=CCN([C@H](CCCCOCc1ccccc1)CC(=O)OC(C)(C)C)[C@H](C)c1ccccc1. The maximum atomic E-state index is 12.7. The third-order valence-electron chi connectivity index (χ3n) is 5.60. The summed E-state index contributed by atoms with van der Waals surface area (Å²) >= 11 is 0. The summed E-state index contributed by atoms with van der Waals surface area (Å²) in [7, 11) is 0. The van der Waals surface area contributed by atoms with E-state index in [2.05, 4.69) is 54.8 Å². The quantitative estimate of drug-likeness (QED) is 0.181. The van der Waals surface area contributed by atoms with Gasteiger partial charge < -0.3 is 9.47 Å². The van der Waals surface area contributed by atoms with Gasteiger partial charge in [-0.1, -0.05) is 66.7 Å². The van der Waals surface area contributed by atoms with Crippen molar-refractivity contribution in [3.63, 3.8) is 0 Å². The molecule has 180 valence electrons. The van der Waals surface area contributed by atoms with Gasteiger partial charge in [0.1, 0.15) is 5.60 Å². The normalized spacial score (nSPS) is 13.5. The third-order valence-corrected chi connectivity index (χ3v) is 5.60. The summed E-state index contributed by atoms with van der Waals surface area (Å²) in [6.45, 7) is 14.0. The van der Waals surface area contributed by atoms with E-state index in [0.29, 0.717) is 26.2 Å². The Bertz CT molecular complexity index is 814. The summed E-state index contributed by atoms with van der Waals surface area (Å²) in [5.74, 6) is -0.151. The summed E-state index contributed by atoms with van der Waals surface area (Å²) in [4.78, 5) is 15.1. The Morgan fingerprint density at radius 3 is 2.27 bits per heavy atom. The Hall–Kier alpha value is -2.43. The van der Waals surface area contributed by atoms with Crippen molar-refractivity contribution in [1.29, 1.82) is 0 Å². The van der Waals surface area contributed by atoms with Gasteiger partial charge in [-0.15, -0.1) is 6.58 Å². The lowest BCUT2D eigenvalue weighted by Gasteiger charge is -2.36. The minimum atomic E-state index is -0.485. The fraction of sp³-hybridized carbons (Fsp3) is 0.483. The molecular weight excluding hydrogens is 410 g/mol. The molecule has 0 N–H and O–H groups in total.